The van der Waals surface area contributed by atoms with Crippen molar-refractivity contribution in [3.63, 3.8) is 0 Å². The van der Waals surface area contributed by atoms with Crippen molar-refractivity contribution in [2.45, 2.75) is 6.54 Å². The average molecular weight is 316 g/mol. The number of imidazole rings is 1. The van der Waals surface area contributed by atoms with Gasteiger partial charge in [0.1, 0.15) is 5.82 Å². The van der Waals surface area contributed by atoms with Crippen LogP contribution in [0.1, 0.15) is 5.69 Å². The topological polar surface area (TPSA) is 49.9 Å². The summed E-state index contributed by atoms with van der Waals surface area (Å²) in [6.07, 6.45) is 1.86. The molecule has 0 unspecified atom stereocenters. The minimum absolute atomic E-state index is 0.721. The van der Waals surface area contributed by atoms with E-state index in [9.17, 15) is 0 Å². The van der Waals surface area contributed by atoms with E-state index in [1.54, 1.807) is 18.4 Å². The number of H-pyrrole nitrogens is 1. The highest BCUT2D eigenvalue weighted by Gasteiger charge is 2.05. The van der Waals surface area contributed by atoms with Crippen molar-refractivity contribution in [3.05, 3.63) is 27.8 Å². The lowest BCUT2D eigenvalue weighted by molar-refractivity contribution is 0.199. The maximum atomic E-state index is 4.97. The normalized spacial score (nSPS) is 10.9. The van der Waals surface area contributed by atoms with Gasteiger partial charge >= 0.3 is 0 Å². The first-order chi connectivity index (χ1) is 8.29. The molecule has 0 aliphatic heterocycles. The molecule has 0 aliphatic carbocycles. The fraction of sp³-hybridized carbons (Fsp3) is 0.364. The molecule has 2 rings (SSSR count). The Morgan fingerprint density at radius 2 is 2.41 bits per heavy atom. The average Bonchev–Trinajstić information content (AvgIpc) is 2.93. The number of methoxy groups -OCH3 is 1. The number of aromatic amines is 1. The first-order valence-corrected chi connectivity index (χ1v) is 6.90. The Balaban J connectivity index is 1.92. The van der Waals surface area contributed by atoms with Crippen molar-refractivity contribution < 1.29 is 4.74 Å². The van der Waals surface area contributed by atoms with Gasteiger partial charge in [-0.1, -0.05) is 0 Å². The number of rotatable bonds is 6. The van der Waals surface area contributed by atoms with Gasteiger partial charge in [-0.25, -0.2) is 4.98 Å². The molecule has 0 aliphatic rings. The molecule has 2 heterocycles. The van der Waals surface area contributed by atoms with Crippen LogP contribution in [0, 0.1) is 0 Å². The van der Waals surface area contributed by atoms with Crippen LogP contribution in [0.5, 0.6) is 0 Å². The summed E-state index contributed by atoms with van der Waals surface area (Å²) in [5, 5.41) is 3.27. The van der Waals surface area contributed by atoms with Gasteiger partial charge in [-0.2, -0.15) is 0 Å². The van der Waals surface area contributed by atoms with Gasteiger partial charge in [0.2, 0.25) is 0 Å². The molecule has 0 spiro atoms. The zero-order chi connectivity index (χ0) is 12.1. The summed E-state index contributed by atoms with van der Waals surface area (Å²) in [5.41, 5.74) is 1.08. The van der Waals surface area contributed by atoms with Crippen LogP contribution < -0.4 is 5.32 Å². The van der Waals surface area contributed by atoms with Crippen LogP contribution in [0.25, 0.3) is 10.7 Å². The molecule has 6 heteroatoms. The molecule has 2 N–H and O–H groups in total. The summed E-state index contributed by atoms with van der Waals surface area (Å²) in [6.45, 7) is 2.34. The van der Waals surface area contributed by atoms with E-state index < -0.39 is 0 Å². The van der Waals surface area contributed by atoms with Crippen LogP contribution in [-0.4, -0.2) is 30.2 Å². The fourth-order valence-electron chi connectivity index (χ4n) is 1.41. The molecule has 17 heavy (non-hydrogen) atoms. The summed E-state index contributed by atoms with van der Waals surface area (Å²) < 4.78 is 6.08. The van der Waals surface area contributed by atoms with Gasteiger partial charge < -0.3 is 15.0 Å². The molecule has 0 atom stereocenters. The highest BCUT2D eigenvalue weighted by Crippen LogP contribution is 2.29. The van der Waals surface area contributed by atoms with E-state index in [1.807, 2.05) is 12.3 Å². The highest BCUT2D eigenvalue weighted by atomic mass is 79.9. The molecule has 0 bridgehead atoms. The lowest BCUT2D eigenvalue weighted by Crippen LogP contribution is -2.18. The number of ether oxygens (including phenoxy) is 1. The van der Waals surface area contributed by atoms with Gasteiger partial charge in [0.25, 0.3) is 0 Å². The van der Waals surface area contributed by atoms with Crippen molar-refractivity contribution in [1.82, 2.24) is 15.3 Å². The van der Waals surface area contributed by atoms with E-state index in [1.165, 1.54) is 0 Å². The smallest absolute Gasteiger partial charge is 0.147 e. The number of hydrogen-bond acceptors (Lipinski definition) is 4. The molecule has 0 radical (unpaired) electrons. The standard InChI is InChI=1S/C11H14BrN3OS/c1-16-5-4-13-6-8-7-14-11(15-8)9-2-3-10(12)17-9/h2-3,7,13H,4-6H2,1H3,(H,14,15). The Hall–Kier alpha value is -0.690. The maximum absolute atomic E-state index is 4.97. The Morgan fingerprint density at radius 1 is 1.53 bits per heavy atom. The van der Waals surface area contributed by atoms with Gasteiger partial charge in [-0.3, -0.25) is 0 Å². The Kier molecular flexibility index (Phi) is 4.73. The second kappa shape index (κ2) is 6.30. The van der Waals surface area contributed by atoms with E-state index in [2.05, 4.69) is 37.3 Å². The van der Waals surface area contributed by atoms with Crippen molar-refractivity contribution in [3.8, 4) is 10.7 Å². The molecule has 0 saturated carbocycles. The number of aromatic nitrogens is 2. The first-order valence-electron chi connectivity index (χ1n) is 5.29. The molecule has 2 aromatic rings. The lowest BCUT2D eigenvalue weighted by atomic mass is 10.4. The zero-order valence-corrected chi connectivity index (χ0v) is 11.9. The predicted molar refractivity (Wildman–Crippen MR) is 73.2 cm³/mol. The summed E-state index contributed by atoms with van der Waals surface area (Å²) in [7, 11) is 1.70. The minimum atomic E-state index is 0.721. The van der Waals surface area contributed by atoms with Gasteiger partial charge in [-0.05, 0) is 28.1 Å². The molecule has 0 fully saturated rings. The van der Waals surface area contributed by atoms with Crippen molar-refractivity contribution in [2.75, 3.05) is 20.3 Å². The summed E-state index contributed by atoms with van der Waals surface area (Å²) >= 11 is 5.11. The van der Waals surface area contributed by atoms with E-state index in [4.69, 9.17) is 4.74 Å². The number of nitrogens with zero attached hydrogens (tertiary/aromatic N) is 1. The number of hydrogen-bond donors (Lipinski definition) is 2. The first kappa shape index (κ1) is 12.8. The summed E-state index contributed by atoms with van der Waals surface area (Å²) in [4.78, 5) is 8.80. The zero-order valence-electron chi connectivity index (χ0n) is 9.50. The van der Waals surface area contributed by atoms with E-state index in [0.29, 0.717) is 0 Å². The Labute approximate surface area is 113 Å². The minimum Gasteiger partial charge on any atom is -0.383 e. The summed E-state index contributed by atoms with van der Waals surface area (Å²) in [5.74, 6) is 0.921. The summed E-state index contributed by atoms with van der Waals surface area (Å²) in [6, 6.07) is 4.08. The third-order valence-corrected chi connectivity index (χ3v) is 3.86. The van der Waals surface area contributed by atoms with E-state index in [0.717, 1.165) is 39.9 Å². The van der Waals surface area contributed by atoms with Crippen LogP contribution in [0.3, 0.4) is 0 Å². The molecule has 92 valence electrons. The third-order valence-electron chi connectivity index (χ3n) is 2.23. The number of halogens is 1. The quantitative estimate of drug-likeness (QED) is 0.806. The Bertz CT molecular complexity index is 469. The molecular weight excluding hydrogens is 302 g/mol. The molecule has 0 amide bonds. The maximum Gasteiger partial charge on any atom is 0.147 e. The second-order valence-electron chi connectivity index (χ2n) is 3.53. The Morgan fingerprint density at radius 3 is 3.12 bits per heavy atom. The lowest BCUT2D eigenvalue weighted by Gasteiger charge is -2.00. The number of thiophene rings is 1. The van der Waals surface area contributed by atoms with E-state index >= 15 is 0 Å². The van der Waals surface area contributed by atoms with Crippen LogP contribution in [0.4, 0.5) is 0 Å². The third kappa shape index (κ3) is 3.64. The molecule has 0 saturated heterocycles. The van der Waals surface area contributed by atoms with Crippen molar-refractivity contribution in [1.29, 1.82) is 0 Å². The SMILES string of the molecule is COCCNCc1cnc(-c2ccc(Br)s2)[nH]1. The van der Waals surface area contributed by atoms with Gasteiger partial charge in [-0.15, -0.1) is 11.3 Å². The van der Waals surface area contributed by atoms with Gasteiger partial charge in [0, 0.05) is 32.1 Å². The fourth-order valence-corrected chi connectivity index (χ4v) is 2.75. The van der Waals surface area contributed by atoms with Crippen LogP contribution in [0.15, 0.2) is 22.1 Å². The van der Waals surface area contributed by atoms with Gasteiger partial charge in [0.05, 0.1) is 15.3 Å². The highest BCUT2D eigenvalue weighted by molar-refractivity contribution is 9.11. The van der Waals surface area contributed by atoms with Crippen LogP contribution in [-0.2, 0) is 11.3 Å². The van der Waals surface area contributed by atoms with Crippen molar-refractivity contribution >= 4 is 27.3 Å². The van der Waals surface area contributed by atoms with E-state index in [-0.39, 0.29) is 0 Å². The molecule has 4 nitrogen and oxygen atoms in total. The van der Waals surface area contributed by atoms with Crippen molar-refractivity contribution in [2.24, 2.45) is 0 Å². The number of nitrogens with one attached hydrogen (secondary N) is 2. The molecule has 0 aromatic carbocycles. The molecular formula is C11H14BrN3OS. The van der Waals surface area contributed by atoms with Crippen LogP contribution >= 0.6 is 27.3 Å². The monoisotopic (exact) mass is 315 g/mol. The van der Waals surface area contributed by atoms with Gasteiger partial charge in [0.15, 0.2) is 0 Å². The molecule has 2 aromatic heterocycles. The second-order valence-corrected chi connectivity index (χ2v) is 5.99. The predicted octanol–water partition coefficient (Wildman–Crippen LogP) is 2.64. The largest absolute Gasteiger partial charge is 0.383 e. The van der Waals surface area contributed by atoms with Crippen LogP contribution in [0.2, 0.25) is 0 Å².